The van der Waals surface area contributed by atoms with Gasteiger partial charge in [-0.1, -0.05) is 53.0 Å². The zero-order chi connectivity index (χ0) is 18.2. The van der Waals surface area contributed by atoms with Crippen molar-refractivity contribution in [1.29, 1.82) is 5.26 Å². The van der Waals surface area contributed by atoms with E-state index in [4.69, 9.17) is 23.2 Å². The van der Waals surface area contributed by atoms with Gasteiger partial charge in [-0.3, -0.25) is 4.79 Å². The van der Waals surface area contributed by atoms with Crippen molar-refractivity contribution in [3.05, 3.63) is 75.4 Å². The molecule has 0 atom stereocenters. The summed E-state index contributed by atoms with van der Waals surface area (Å²) in [6, 6.07) is 14.8. The molecule has 0 heterocycles. The first-order valence-corrected chi connectivity index (χ1v) is 8.41. The molecule has 25 heavy (non-hydrogen) atoms. The summed E-state index contributed by atoms with van der Waals surface area (Å²) < 4.78 is 0. The Morgan fingerprint density at radius 2 is 2.04 bits per heavy atom. The molecule has 0 saturated heterocycles. The van der Waals surface area contributed by atoms with Crippen LogP contribution >= 0.6 is 23.2 Å². The average molecular weight is 374 g/mol. The Kier molecular flexibility index (Phi) is 6.88. The van der Waals surface area contributed by atoms with E-state index in [-0.39, 0.29) is 5.57 Å². The van der Waals surface area contributed by atoms with E-state index in [2.05, 4.69) is 16.7 Å². The number of anilines is 1. The molecular formula is C19H17Cl2N3O. The van der Waals surface area contributed by atoms with Crippen molar-refractivity contribution in [1.82, 2.24) is 5.32 Å². The van der Waals surface area contributed by atoms with Crippen molar-refractivity contribution in [3.63, 3.8) is 0 Å². The molecule has 0 radical (unpaired) electrons. The van der Waals surface area contributed by atoms with Crippen molar-refractivity contribution in [2.75, 3.05) is 11.9 Å². The predicted octanol–water partition coefficient (Wildman–Crippen LogP) is 4.48. The summed E-state index contributed by atoms with van der Waals surface area (Å²) in [5, 5.41) is 15.5. The molecule has 2 N–H and O–H groups in total. The molecule has 0 bridgehead atoms. The minimum atomic E-state index is -0.547. The Morgan fingerprint density at radius 3 is 2.76 bits per heavy atom. The highest BCUT2D eigenvalue weighted by Gasteiger charge is 2.11. The highest BCUT2D eigenvalue weighted by Crippen LogP contribution is 2.25. The van der Waals surface area contributed by atoms with Gasteiger partial charge < -0.3 is 10.6 Å². The van der Waals surface area contributed by atoms with Gasteiger partial charge >= 0.3 is 0 Å². The molecule has 4 nitrogen and oxygen atoms in total. The third-order valence-corrected chi connectivity index (χ3v) is 3.99. The molecule has 0 aliphatic heterocycles. The number of hydrogen-bond donors (Lipinski definition) is 2. The van der Waals surface area contributed by atoms with E-state index in [1.54, 1.807) is 12.1 Å². The number of carbonyl (C=O) groups excluding carboxylic acids is 1. The van der Waals surface area contributed by atoms with Gasteiger partial charge in [0, 0.05) is 17.8 Å². The summed E-state index contributed by atoms with van der Waals surface area (Å²) in [6.07, 6.45) is 2.20. The quantitative estimate of drug-likeness (QED) is 0.445. The van der Waals surface area contributed by atoms with Crippen LogP contribution in [0.2, 0.25) is 10.0 Å². The summed E-state index contributed by atoms with van der Waals surface area (Å²) in [5.74, 6) is -0.547. The molecular weight excluding hydrogens is 357 g/mol. The minimum absolute atomic E-state index is 0.0414. The van der Waals surface area contributed by atoms with Crippen LogP contribution in [0.3, 0.4) is 0 Å². The molecule has 128 valence electrons. The van der Waals surface area contributed by atoms with E-state index < -0.39 is 5.91 Å². The van der Waals surface area contributed by atoms with Crippen LogP contribution in [0, 0.1) is 18.3 Å². The molecule has 0 unspecified atom stereocenters. The standard InChI is InChI=1S/C19H17Cl2N3O/c1-13-3-2-4-14(9-13)7-8-23-12-15(11-22)19(25)24-18-10-16(20)5-6-17(18)21/h2-6,9-10,12,23H,7-8H2,1H3,(H,24,25)/b15-12-. The van der Waals surface area contributed by atoms with Crippen molar-refractivity contribution in [2.45, 2.75) is 13.3 Å². The number of nitrogens with one attached hydrogen (secondary N) is 2. The van der Waals surface area contributed by atoms with Gasteiger partial charge in [-0.25, -0.2) is 0 Å². The SMILES string of the molecule is Cc1cccc(CCN/C=C(/C#N)C(=O)Nc2cc(Cl)ccc2Cl)c1. The molecule has 2 aromatic carbocycles. The topological polar surface area (TPSA) is 64.9 Å². The molecule has 0 aliphatic rings. The van der Waals surface area contributed by atoms with Crippen molar-refractivity contribution in [3.8, 4) is 6.07 Å². The number of benzene rings is 2. The van der Waals surface area contributed by atoms with Crippen molar-refractivity contribution < 1.29 is 4.79 Å². The fourth-order valence-electron chi connectivity index (χ4n) is 2.19. The summed E-state index contributed by atoms with van der Waals surface area (Å²) in [6.45, 7) is 2.65. The van der Waals surface area contributed by atoms with Crippen LogP contribution in [0.15, 0.2) is 54.2 Å². The van der Waals surface area contributed by atoms with Gasteiger partial charge in [-0.15, -0.1) is 0 Å². The highest BCUT2D eigenvalue weighted by atomic mass is 35.5. The second kappa shape index (κ2) is 9.12. The Labute approximate surface area is 157 Å². The number of carbonyl (C=O) groups is 1. The first-order chi connectivity index (χ1) is 12.0. The predicted molar refractivity (Wildman–Crippen MR) is 102 cm³/mol. The Balaban J connectivity index is 1.94. The Morgan fingerprint density at radius 1 is 1.24 bits per heavy atom. The lowest BCUT2D eigenvalue weighted by Gasteiger charge is -2.07. The van der Waals surface area contributed by atoms with E-state index >= 15 is 0 Å². The van der Waals surface area contributed by atoms with Gasteiger partial charge in [-0.2, -0.15) is 5.26 Å². The zero-order valence-electron chi connectivity index (χ0n) is 13.6. The van der Waals surface area contributed by atoms with Gasteiger partial charge in [0.05, 0.1) is 10.7 Å². The first-order valence-electron chi connectivity index (χ1n) is 7.65. The lowest BCUT2D eigenvalue weighted by molar-refractivity contribution is -0.112. The maximum absolute atomic E-state index is 12.2. The Bertz CT molecular complexity index is 841. The summed E-state index contributed by atoms with van der Waals surface area (Å²) in [5.41, 5.74) is 2.71. The van der Waals surface area contributed by atoms with E-state index in [1.807, 2.05) is 31.2 Å². The lowest BCUT2D eigenvalue weighted by atomic mass is 10.1. The van der Waals surface area contributed by atoms with E-state index in [0.29, 0.717) is 22.3 Å². The molecule has 1 amide bonds. The largest absolute Gasteiger partial charge is 0.389 e. The molecule has 0 aliphatic carbocycles. The number of aryl methyl sites for hydroxylation is 1. The number of rotatable bonds is 6. The average Bonchev–Trinajstić information content (AvgIpc) is 2.58. The summed E-state index contributed by atoms with van der Waals surface area (Å²) in [4.78, 5) is 12.2. The molecule has 6 heteroatoms. The fraction of sp³-hybridized carbons (Fsp3) is 0.158. The Hall–Kier alpha value is -2.48. The molecule has 0 fully saturated rings. The lowest BCUT2D eigenvalue weighted by Crippen LogP contribution is -2.18. The third-order valence-electron chi connectivity index (χ3n) is 3.43. The second-order valence-corrected chi connectivity index (χ2v) is 6.28. The smallest absolute Gasteiger partial charge is 0.267 e. The van der Waals surface area contributed by atoms with Crippen LogP contribution in [0.1, 0.15) is 11.1 Å². The summed E-state index contributed by atoms with van der Waals surface area (Å²) in [7, 11) is 0. The van der Waals surface area contributed by atoms with Crippen LogP contribution < -0.4 is 10.6 Å². The third kappa shape index (κ3) is 5.82. The zero-order valence-corrected chi connectivity index (χ0v) is 15.2. The molecule has 0 saturated carbocycles. The maximum atomic E-state index is 12.2. The number of nitriles is 1. The van der Waals surface area contributed by atoms with Crippen LogP contribution in [0.5, 0.6) is 0 Å². The monoisotopic (exact) mass is 373 g/mol. The van der Waals surface area contributed by atoms with Gasteiger partial charge in [0.15, 0.2) is 0 Å². The van der Waals surface area contributed by atoms with Gasteiger partial charge in [-0.05, 0) is 37.1 Å². The maximum Gasteiger partial charge on any atom is 0.267 e. The minimum Gasteiger partial charge on any atom is -0.389 e. The van der Waals surface area contributed by atoms with Crippen molar-refractivity contribution >= 4 is 34.8 Å². The van der Waals surface area contributed by atoms with Gasteiger partial charge in [0.1, 0.15) is 11.6 Å². The summed E-state index contributed by atoms with van der Waals surface area (Å²) >= 11 is 11.9. The number of hydrogen-bond acceptors (Lipinski definition) is 3. The van der Waals surface area contributed by atoms with Crippen LogP contribution in [-0.4, -0.2) is 12.5 Å². The van der Waals surface area contributed by atoms with Crippen LogP contribution in [-0.2, 0) is 11.2 Å². The van der Waals surface area contributed by atoms with E-state index in [0.717, 1.165) is 6.42 Å². The normalized spacial score (nSPS) is 10.9. The second-order valence-electron chi connectivity index (χ2n) is 5.44. The fourth-order valence-corrected chi connectivity index (χ4v) is 2.53. The molecule has 0 aromatic heterocycles. The van der Waals surface area contributed by atoms with Gasteiger partial charge in [0.2, 0.25) is 0 Å². The van der Waals surface area contributed by atoms with E-state index in [9.17, 15) is 10.1 Å². The molecule has 2 rings (SSSR count). The highest BCUT2D eigenvalue weighted by molar-refractivity contribution is 6.35. The molecule has 2 aromatic rings. The van der Waals surface area contributed by atoms with Crippen LogP contribution in [0.4, 0.5) is 5.69 Å². The molecule has 0 spiro atoms. The van der Waals surface area contributed by atoms with Gasteiger partial charge in [0.25, 0.3) is 5.91 Å². The van der Waals surface area contributed by atoms with Crippen molar-refractivity contribution in [2.24, 2.45) is 0 Å². The first kappa shape index (κ1) is 18.9. The number of nitrogens with zero attached hydrogens (tertiary/aromatic N) is 1. The number of halogens is 2. The van der Waals surface area contributed by atoms with E-state index in [1.165, 1.54) is 23.4 Å². The number of amides is 1. The van der Waals surface area contributed by atoms with Crippen LogP contribution in [0.25, 0.3) is 0 Å².